The molecule has 0 aliphatic carbocycles. The minimum Gasteiger partial charge on any atom is -0.507 e. The first-order valence-electron chi connectivity index (χ1n) is 11.3. The quantitative estimate of drug-likeness (QED) is 0.267. The molecule has 2 aromatic carbocycles. The number of hydrogen-bond acceptors (Lipinski definition) is 5. The summed E-state index contributed by atoms with van der Waals surface area (Å²) in [5.41, 5.74) is 4.54. The first-order chi connectivity index (χ1) is 17.0. The fraction of sp³-hybridized carbons (Fsp3) is 0.143. The number of para-hydroxylation sites is 1. The minimum absolute atomic E-state index is 0.0541. The van der Waals surface area contributed by atoms with E-state index in [1.165, 1.54) is 11.1 Å². The molecule has 2 aromatic heterocycles. The average Bonchev–Trinajstić information content (AvgIpc) is 3.38. The number of carbonyl (C=O) groups is 2. The van der Waals surface area contributed by atoms with Crippen LogP contribution in [0.4, 0.5) is 0 Å². The summed E-state index contributed by atoms with van der Waals surface area (Å²) < 4.78 is 1.70. The molecular formula is C28H24N4O3. The van der Waals surface area contributed by atoms with Gasteiger partial charge in [0.15, 0.2) is 0 Å². The fourth-order valence-electron chi connectivity index (χ4n) is 4.44. The molecule has 0 radical (unpaired) electrons. The Balaban J connectivity index is 1.64. The topological polar surface area (TPSA) is 88.3 Å². The van der Waals surface area contributed by atoms with E-state index >= 15 is 0 Å². The van der Waals surface area contributed by atoms with Crippen molar-refractivity contribution < 1.29 is 14.7 Å². The van der Waals surface area contributed by atoms with Crippen molar-refractivity contribution in [2.45, 2.75) is 26.4 Å². The fourth-order valence-corrected chi connectivity index (χ4v) is 4.44. The van der Waals surface area contributed by atoms with Crippen LogP contribution >= 0.6 is 0 Å². The zero-order chi connectivity index (χ0) is 24.5. The maximum absolute atomic E-state index is 13.3. The molecule has 7 nitrogen and oxygen atoms in total. The molecule has 1 atom stereocenters. The van der Waals surface area contributed by atoms with Crippen LogP contribution in [0.5, 0.6) is 0 Å². The van der Waals surface area contributed by atoms with Gasteiger partial charge in [-0.1, -0.05) is 54.1 Å². The predicted octanol–water partition coefficient (Wildman–Crippen LogP) is 4.51. The van der Waals surface area contributed by atoms with Gasteiger partial charge in [-0.2, -0.15) is 5.10 Å². The zero-order valence-corrected chi connectivity index (χ0v) is 19.4. The van der Waals surface area contributed by atoms with Gasteiger partial charge in [-0.05, 0) is 43.2 Å². The van der Waals surface area contributed by atoms with E-state index in [1.54, 1.807) is 23.1 Å². The van der Waals surface area contributed by atoms with Crippen LogP contribution in [0.15, 0.2) is 90.9 Å². The molecule has 1 aliphatic rings. The van der Waals surface area contributed by atoms with E-state index in [9.17, 15) is 14.7 Å². The number of aryl methyl sites for hydroxylation is 1. The number of aromatic nitrogens is 3. The van der Waals surface area contributed by atoms with Crippen LogP contribution in [0.1, 0.15) is 34.0 Å². The molecule has 4 aromatic rings. The molecule has 1 fully saturated rings. The molecule has 0 spiro atoms. The molecule has 7 heteroatoms. The third-order valence-corrected chi connectivity index (χ3v) is 6.27. The molecule has 1 unspecified atom stereocenters. The highest BCUT2D eigenvalue weighted by Crippen LogP contribution is 2.40. The van der Waals surface area contributed by atoms with Gasteiger partial charge in [0.25, 0.3) is 11.7 Å². The molecule has 174 valence electrons. The maximum Gasteiger partial charge on any atom is 0.295 e. The molecule has 1 aliphatic heterocycles. The molecule has 35 heavy (non-hydrogen) atoms. The predicted molar refractivity (Wildman–Crippen MR) is 132 cm³/mol. The highest BCUT2D eigenvalue weighted by molar-refractivity contribution is 6.46. The van der Waals surface area contributed by atoms with Crippen molar-refractivity contribution in [3.8, 4) is 5.69 Å². The second-order valence-electron chi connectivity index (χ2n) is 8.59. The van der Waals surface area contributed by atoms with Gasteiger partial charge >= 0.3 is 0 Å². The number of aliphatic hydroxyl groups excluding tert-OH is 1. The summed E-state index contributed by atoms with van der Waals surface area (Å²) in [6, 6.07) is 20.0. The summed E-state index contributed by atoms with van der Waals surface area (Å²) in [4.78, 5) is 32.1. The smallest absolute Gasteiger partial charge is 0.295 e. The van der Waals surface area contributed by atoms with Crippen molar-refractivity contribution in [2.75, 3.05) is 0 Å². The van der Waals surface area contributed by atoms with Crippen LogP contribution in [-0.2, 0) is 16.1 Å². The Bertz CT molecular complexity index is 1420. The van der Waals surface area contributed by atoms with E-state index in [-0.39, 0.29) is 17.9 Å². The summed E-state index contributed by atoms with van der Waals surface area (Å²) in [5, 5.41) is 15.9. The van der Waals surface area contributed by atoms with Gasteiger partial charge < -0.3 is 10.0 Å². The summed E-state index contributed by atoms with van der Waals surface area (Å²) in [6.07, 6.45) is 4.85. The van der Waals surface area contributed by atoms with Crippen molar-refractivity contribution in [1.82, 2.24) is 19.7 Å². The van der Waals surface area contributed by atoms with E-state index in [2.05, 4.69) is 10.1 Å². The lowest BCUT2D eigenvalue weighted by Gasteiger charge is -2.25. The lowest BCUT2D eigenvalue weighted by Crippen LogP contribution is -2.29. The molecule has 0 saturated carbocycles. The van der Waals surface area contributed by atoms with E-state index in [0.29, 0.717) is 11.3 Å². The van der Waals surface area contributed by atoms with Gasteiger partial charge in [-0.3, -0.25) is 14.6 Å². The van der Waals surface area contributed by atoms with Crippen LogP contribution in [-0.4, -0.2) is 36.5 Å². The van der Waals surface area contributed by atoms with Gasteiger partial charge in [-0.15, -0.1) is 0 Å². The van der Waals surface area contributed by atoms with E-state index in [1.807, 2.05) is 74.5 Å². The molecule has 0 bridgehead atoms. The molecule has 3 heterocycles. The number of aliphatic hydroxyl groups is 1. The first kappa shape index (κ1) is 22.3. The van der Waals surface area contributed by atoms with Crippen LogP contribution in [0.3, 0.4) is 0 Å². The van der Waals surface area contributed by atoms with E-state index in [4.69, 9.17) is 0 Å². The monoisotopic (exact) mass is 464 g/mol. The van der Waals surface area contributed by atoms with Gasteiger partial charge in [-0.25, -0.2) is 4.68 Å². The number of benzene rings is 2. The Labute approximate surface area is 203 Å². The Morgan fingerprint density at radius 3 is 2.37 bits per heavy atom. The van der Waals surface area contributed by atoms with Gasteiger partial charge in [0.2, 0.25) is 0 Å². The molecular weight excluding hydrogens is 440 g/mol. The molecule has 1 N–H and O–H groups in total. The van der Waals surface area contributed by atoms with Gasteiger partial charge in [0, 0.05) is 18.9 Å². The average molecular weight is 465 g/mol. The van der Waals surface area contributed by atoms with Crippen LogP contribution < -0.4 is 0 Å². The normalized spacial score (nSPS) is 17.2. The zero-order valence-electron chi connectivity index (χ0n) is 19.4. The Hall–Kier alpha value is -4.52. The number of carbonyl (C=O) groups excluding carboxylic acids is 2. The largest absolute Gasteiger partial charge is 0.507 e. The summed E-state index contributed by atoms with van der Waals surface area (Å²) in [7, 11) is 0. The molecule has 5 rings (SSSR count). The van der Waals surface area contributed by atoms with Crippen molar-refractivity contribution in [2.24, 2.45) is 0 Å². The number of hydrogen-bond donors (Lipinski definition) is 1. The third-order valence-electron chi connectivity index (χ3n) is 6.27. The SMILES string of the molecule is Cc1ccc(C2/C(=C(\O)c3cnn(-c4ccccc4)c3C)C(=O)C(=O)N2Cc2cccnc2)cc1. The van der Waals surface area contributed by atoms with Gasteiger partial charge in [0.1, 0.15) is 5.76 Å². The van der Waals surface area contributed by atoms with Crippen molar-refractivity contribution >= 4 is 17.4 Å². The third kappa shape index (κ3) is 4.01. The Kier molecular flexibility index (Phi) is 5.74. The molecule has 1 saturated heterocycles. The summed E-state index contributed by atoms with van der Waals surface area (Å²) in [5.74, 6) is -1.61. The second-order valence-corrected chi connectivity index (χ2v) is 8.59. The van der Waals surface area contributed by atoms with Crippen LogP contribution in [0.2, 0.25) is 0 Å². The lowest BCUT2D eigenvalue weighted by atomic mass is 9.94. The van der Waals surface area contributed by atoms with Gasteiger partial charge in [0.05, 0.1) is 34.8 Å². The minimum atomic E-state index is -0.740. The number of likely N-dealkylation sites (tertiary alicyclic amines) is 1. The number of Topliss-reactive ketones (excluding diaryl/α,β-unsaturated/α-hetero) is 1. The van der Waals surface area contributed by atoms with Crippen molar-refractivity contribution in [3.63, 3.8) is 0 Å². The standard InChI is InChI=1S/C28H24N4O3/c1-18-10-12-21(13-11-18)25-24(27(34)28(35)31(25)17-20-7-6-14-29-15-20)26(33)23-16-30-32(19(23)2)22-8-4-3-5-9-22/h3-16,25,33H,17H2,1-2H3/b26-24+. The maximum atomic E-state index is 13.3. The highest BCUT2D eigenvalue weighted by atomic mass is 16.3. The highest BCUT2D eigenvalue weighted by Gasteiger charge is 2.46. The number of pyridine rings is 1. The number of rotatable bonds is 5. The lowest BCUT2D eigenvalue weighted by molar-refractivity contribution is -0.140. The Morgan fingerprint density at radius 2 is 1.69 bits per heavy atom. The number of nitrogens with zero attached hydrogens (tertiary/aromatic N) is 4. The number of ketones is 1. The van der Waals surface area contributed by atoms with Crippen LogP contribution in [0.25, 0.3) is 11.4 Å². The Morgan fingerprint density at radius 1 is 0.943 bits per heavy atom. The van der Waals surface area contributed by atoms with Crippen molar-refractivity contribution in [3.05, 3.63) is 119 Å². The van der Waals surface area contributed by atoms with Crippen molar-refractivity contribution in [1.29, 1.82) is 0 Å². The molecule has 1 amide bonds. The first-order valence-corrected chi connectivity index (χ1v) is 11.3. The van der Waals surface area contributed by atoms with E-state index < -0.39 is 17.7 Å². The summed E-state index contributed by atoms with van der Waals surface area (Å²) >= 11 is 0. The second kappa shape index (κ2) is 9.02. The van der Waals surface area contributed by atoms with Crippen LogP contribution in [0, 0.1) is 13.8 Å². The number of amides is 1. The summed E-state index contributed by atoms with van der Waals surface area (Å²) in [6.45, 7) is 3.98. The van der Waals surface area contributed by atoms with E-state index in [0.717, 1.165) is 22.4 Å².